The summed E-state index contributed by atoms with van der Waals surface area (Å²) in [5.41, 5.74) is 0.430. The van der Waals surface area contributed by atoms with Gasteiger partial charge in [0.05, 0.1) is 11.1 Å². The average Bonchev–Trinajstić information content (AvgIpc) is 3.87. The fourth-order valence-corrected chi connectivity index (χ4v) is 5.42. The van der Waals surface area contributed by atoms with E-state index in [1.807, 2.05) is 29.2 Å². The summed E-state index contributed by atoms with van der Waals surface area (Å²) >= 11 is 6.04. The molecule has 2 fully saturated rings. The zero-order valence-corrected chi connectivity index (χ0v) is 24.9. The van der Waals surface area contributed by atoms with Crippen LogP contribution in [-0.4, -0.2) is 89.6 Å². The highest BCUT2D eigenvalue weighted by Crippen LogP contribution is 2.27. The van der Waals surface area contributed by atoms with Crippen LogP contribution in [0, 0.1) is 5.82 Å². The lowest BCUT2D eigenvalue weighted by Gasteiger charge is -2.35. The molecule has 10 nitrogen and oxygen atoms in total. The normalized spacial score (nSPS) is 16.0. The van der Waals surface area contributed by atoms with Gasteiger partial charge in [-0.2, -0.15) is 0 Å². The number of likely N-dealkylation sites (N-methyl/N-ethyl adjacent to an activating group) is 1. The third kappa shape index (κ3) is 8.11. The molecule has 228 valence electrons. The number of carbonyl (C=O) groups excluding carboxylic acids is 3. The lowest BCUT2D eigenvalue weighted by atomic mass is 10.1. The molecule has 4 amide bonds. The number of anilines is 1. The number of aromatic nitrogens is 1. The lowest BCUT2D eigenvalue weighted by Crippen LogP contribution is -2.50. The number of rotatable bonds is 10. The molecule has 2 N–H and O–H groups in total. The monoisotopic (exact) mass is 610 g/mol. The molecule has 1 aromatic heterocycles. The van der Waals surface area contributed by atoms with Crippen LogP contribution in [0.25, 0.3) is 10.8 Å². The molecule has 2 aliphatic rings. The Morgan fingerprint density at radius 3 is 2.58 bits per heavy atom. The first-order valence-corrected chi connectivity index (χ1v) is 14.9. The Hall–Kier alpha value is -3.96. The lowest BCUT2D eigenvalue weighted by molar-refractivity contribution is -0.133. The van der Waals surface area contributed by atoms with Gasteiger partial charge in [-0.3, -0.25) is 15.0 Å². The van der Waals surface area contributed by atoms with E-state index in [-0.39, 0.29) is 36.9 Å². The zero-order valence-electron chi connectivity index (χ0n) is 24.1. The molecule has 12 heteroatoms. The Balaban J connectivity index is 1.18. The van der Waals surface area contributed by atoms with E-state index in [4.69, 9.17) is 16.3 Å². The number of halogens is 2. The van der Waals surface area contributed by atoms with Crippen LogP contribution in [0.1, 0.15) is 31.2 Å². The van der Waals surface area contributed by atoms with Gasteiger partial charge in [-0.15, -0.1) is 0 Å². The number of fused-ring (bicyclic) bond motifs is 1. The van der Waals surface area contributed by atoms with Crippen molar-refractivity contribution in [2.75, 3.05) is 45.2 Å². The number of nitrogens with zero attached hydrogens (tertiary/aromatic N) is 4. The summed E-state index contributed by atoms with van der Waals surface area (Å²) in [6.07, 6.45) is 3.88. The summed E-state index contributed by atoms with van der Waals surface area (Å²) in [5, 5.41) is 7.15. The fraction of sp³-hybridized carbons (Fsp3) is 0.419. The number of urea groups is 1. The predicted octanol–water partition coefficient (Wildman–Crippen LogP) is 4.87. The molecule has 5 rings (SSSR count). The standard InChI is InChI=1S/C31H36ClFN6O4/c1-37(30(41)35-19-23-7-4-8-26(33)29(23)32)25(11-12-28(40)39-15-13-38(14-16-39)24-9-10-24)20-43-31(42)36-27-17-21-5-2-3-6-22(21)18-34-27/h2-8,17-18,24-25H,9-16,19-20H2,1H3,(H,35,41)(H,34,36,42)/t25-/m0/s1. The molecule has 3 aromatic rings. The first-order chi connectivity index (χ1) is 20.8. The zero-order chi connectivity index (χ0) is 30.3. The Morgan fingerprint density at radius 1 is 1.09 bits per heavy atom. The number of amides is 4. The molecule has 0 bridgehead atoms. The van der Waals surface area contributed by atoms with Gasteiger partial charge in [-0.05, 0) is 42.3 Å². The first kappa shape index (κ1) is 30.5. The maximum atomic E-state index is 13.8. The average molecular weight is 611 g/mol. The van der Waals surface area contributed by atoms with E-state index in [1.54, 1.807) is 25.4 Å². The molecule has 1 atom stereocenters. The van der Waals surface area contributed by atoms with Crippen LogP contribution in [-0.2, 0) is 16.1 Å². The second-order valence-corrected chi connectivity index (χ2v) is 11.3. The van der Waals surface area contributed by atoms with Gasteiger partial charge in [0, 0.05) is 63.8 Å². The van der Waals surface area contributed by atoms with Crippen molar-refractivity contribution in [3.05, 3.63) is 71.1 Å². The first-order valence-electron chi connectivity index (χ1n) is 14.5. The summed E-state index contributed by atoms with van der Waals surface area (Å²) < 4.78 is 19.3. The molecule has 1 aliphatic heterocycles. The SMILES string of the molecule is CN(C(=O)NCc1cccc(F)c1Cl)[C@@H](CCC(=O)N1CCN(C2CC2)CC1)COC(=O)Nc1cc2ccccc2cn1. The van der Waals surface area contributed by atoms with Gasteiger partial charge in [0.2, 0.25) is 5.91 Å². The highest BCUT2D eigenvalue weighted by molar-refractivity contribution is 6.31. The number of nitrogens with one attached hydrogen (secondary N) is 2. The van der Waals surface area contributed by atoms with Crippen molar-refractivity contribution in [3.63, 3.8) is 0 Å². The smallest absolute Gasteiger partial charge is 0.412 e. The van der Waals surface area contributed by atoms with E-state index in [1.165, 1.54) is 29.9 Å². The van der Waals surface area contributed by atoms with Crippen LogP contribution in [0.4, 0.5) is 19.8 Å². The molecule has 1 saturated carbocycles. The summed E-state index contributed by atoms with van der Waals surface area (Å²) in [7, 11) is 1.57. The van der Waals surface area contributed by atoms with Crippen molar-refractivity contribution in [3.8, 4) is 0 Å². The minimum absolute atomic E-state index is 0.00520. The maximum Gasteiger partial charge on any atom is 0.412 e. The summed E-state index contributed by atoms with van der Waals surface area (Å²) in [6.45, 7) is 2.97. The molecule has 1 aliphatic carbocycles. The summed E-state index contributed by atoms with van der Waals surface area (Å²) in [4.78, 5) is 48.8. The second kappa shape index (κ2) is 14.0. The van der Waals surface area contributed by atoms with Gasteiger partial charge in [-0.1, -0.05) is 48.0 Å². The van der Waals surface area contributed by atoms with Crippen molar-refractivity contribution >= 4 is 46.2 Å². The Bertz CT molecular complexity index is 1460. The predicted molar refractivity (Wildman–Crippen MR) is 162 cm³/mol. The molecular weight excluding hydrogens is 575 g/mol. The summed E-state index contributed by atoms with van der Waals surface area (Å²) in [6, 6.07) is 13.4. The molecule has 2 heterocycles. The third-order valence-corrected chi connectivity index (χ3v) is 8.44. The van der Waals surface area contributed by atoms with Crippen LogP contribution in [0.5, 0.6) is 0 Å². The van der Waals surface area contributed by atoms with Gasteiger partial charge in [0.25, 0.3) is 0 Å². The molecule has 0 unspecified atom stereocenters. The largest absolute Gasteiger partial charge is 0.447 e. The van der Waals surface area contributed by atoms with Crippen molar-refractivity contribution in [1.29, 1.82) is 0 Å². The van der Waals surface area contributed by atoms with Crippen molar-refractivity contribution in [2.45, 2.75) is 44.3 Å². The number of pyridine rings is 1. The van der Waals surface area contributed by atoms with Crippen LogP contribution in [0.15, 0.2) is 54.7 Å². The van der Waals surface area contributed by atoms with E-state index in [0.29, 0.717) is 30.5 Å². The van der Waals surface area contributed by atoms with Gasteiger partial charge >= 0.3 is 12.1 Å². The molecule has 0 spiro atoms. The molecule has 2 aromatic carbocycles. The number of ether oxygens (including phenoxy) is 1. The minimum atomic E-state index is -0.726. The van der Waals surface area contributed by atoms with Crippen molar-refractivity contribution < 1.29 is 23.5 Å². The van der Waals surface area contributed by atoms with Crippen LogP contribution < -0.4 is 10.6 Å². The number of carbonyl (C=O) groups is 3. The Kier molecular flexibility index (Phi) is 9.93. The van der Waals surface area contributed by atoms with Crippen LogP contribution >= 0.6 is 11.6 Å². The molecule has 1 saturated heterocycles. The Labute approximate surface area is 255 Å². The van der Waals surface area contributed by atoms with Gasteiger partial charge in [-0.25, -0.2) is 19.0 Å². The van der Waals surface area contributed by atoms with Gasteiger partial charge < -0.3 is 19.9 Å². The Morgan fingerprint density at radius 2 is 1.84 bits per heavy atom. The number of hydrogen-bond acceptors (Lipinski definition) is 6. The number of benzene rings is 2. The quantitative estimate of drug-likeness (QED) is 0.339. The van der Waals surface area contributed by atoms with E-state index in [2.05, 4.69) is 20.5 Å². The van der Waals surface area contributed by atoms with E-state index in [0.717, 1.165) is 23.9 Å². The van der Waals surface area contributed by atoms with E-state index < -0.39 is 24.0 Å². The third-order valence-electron chi connectivity index (χ3n) is 8.02. The van der Waals surface area contributed by atoms with Crippen molar-refractivity contribution in [2.24, 2.45) is 0 Å². The van der Waals surface area contributed by atoms with Crippen LogP contribution in [0.2, 0.25) is 5.02 Å². The minimum Gasteiger partial charge on any atom is -0.447 e. The van der Waals surface area contributed by atoms with Crippen molar-refractivity contribution in [1.82, 2.24) is 25.0 Å². The van der Waals surface area contributed by atoms with Crippen LogP contribution in [0.3, 0.4) is 0 Å². The van der Waals surface area contributed by atoms with E-state index >= 15 is 0 Å². The summed E-state index contributed by atoms with van der Waals surface area (Å²) in [5.74, 6) is -0.235. The number of piperazine rings is 1. The fourth-order valence-electron chi connectivity index (χ4n) is 5.22. The maximum absolute atomic E-state index is 13.8. The second-order valence-electron chi connectivity index (χ2n) is 11.0. The molecule has 0 radical (unpaired) electrons. The topological polar surface area (TPSA) is 107 Å². The highest BCUT2D eigenvalue weighted by Gasteiger charge is 2.32. The molecular formula is C31H36ClFN6O4. The highest BCUT2D eigenvalue weighted by atomic mass is 35.5. The van der Waals surface area contributed by atoms with Gasteiger partial charge in [0.15, 0.2) is 0 Å². The van der Waals surface area contributed by atoms with E-state index in [9.17, 15) is 18.8 Å². The molecule has 43 heavy (non-hydrogen) atoms. The van der Waals surface area contributed by atoms with Gasteiger partial charge in [0.1, 0.15) is 18.2 Å². The number of hydrogen-bond donors (Lipinski definition) is 2.